The second-order valence-corrected chi connectivity index (χ2v) is 7.76. The average molecular weight is 379 g/mol. The highest BCUT2D eigenvalue weighted by molar-refractivity contribution is 5.49. The van der Waals surface area contributed by atoms with E-state index in [0.29, 0.717) is 25.6 Å². The third-order valence-electron chi connectivity index (χ3n) is 6.38. The van der Waals surface area contributed by atoms with Crippen LogP contribution in [-0.4, -0.2) is 57.9 Å². The minimum Gasteiger partial charge on any atom is -0.493 e. The van der Waals surface area contributed by atoms with Crippen LogP contribution < -0.4 is 9.47 Å². The fourth-order valence-electron chi connectivity index (χ4n) is 5.02. The molecule has 0 unspecified atom stereocenters. The van der Waals surface area contributed by atoms with E-state index in [1.165, 1.54) is 11.1 Å². The van der Waals surface area contributed by atoms with Crippen LogP contribution in [0.5, 0.6) is 11.5 Å². The van der Waals surface area contributed by atoms with E-state index < -0.39 is 5.79 Å². The van der Waals surface area contributed by atoms with Crippen molar-refractivity contribution in [2.75, 3.05) is 47.2 Å². The Morgan fingerprint density at radius 3 is 2.59 bits per heavy atom. The summed E-state index contributed by atoms with van der Waals surface area (Å²) in [6, 6.07) is 4.49. The van der Waals surface area contributed by atoms with Gasteiger partial charge in [0.2, 0.25) is 0 Å². The van der Waals surface area contributed by atoms with E-state index in [4.69, 9.17) is 18.9 Å². The summed E-state index contributed by atoms with van der Waals surface area (Å²) in [5.74, 6) is 1.32. The van der Waals surface area contributed by atoms with Gasteiger partial charge in [0, 0.05) is 31.5 Å². The Bertz CT molecular complexity index is 662. The lowest BCUT2D eigenvalue weighted by Gasteiger charge is -2.51. The Morgan fingerprint density at radius 1 is 1.15 bits per heavy atom. The van der Waals surface area contributed by atoms with E-state index in [9.17, 15) is 4.39 Å². The molecule has 4 rings (SSSR count). The maximum atomic E-state index is 12.6. The zero-order valence-corrected chi connectivity index (χ0v) is 16.3. The summed E-state index contributed by atoms with van der Waals surface area (Å²) in [4.78, 5) is 2.55. The molecule has 2 atom stereocenters. The Kier molecular flexibility index (Phi) is 5.58. The molecule has 3 heterocycles. The van der Waals surface area contributed by atoms with Crippen molar-refractivity contribution in [3.63, 3.8) is 0 Å². The maximum Gasteiger partial charge on any atom is 0.174 e. The van der Waals surface area contributed by atoms with E-state index >= 15 is 0 Å². The third kappa shape index (κ3) is 3.43. The maximum absolute atomic E-state index is 12.6. The Labute approximate surface area is 160 Å². The van der Waals surface area contributed by atoms with Crippen LogP contribution in [0.25, 0.3) is 0 Å². The van der Waals surface area contributed by atoms with Gasteiger partial charge in [-0.15, -0.1) is 0 Å². The number of methoxy groups -OCH3 is 2. The summed E-state index contributed by atoms with van der Waals surface area (Å²) in [5, 5.41) is 0. The molecule has 5 nitrogen and oxygen atoms in total. The van der Waals surface area contributed by atoms with Crippen LogP contribution in [0.1, 0.15) is 42.9 Å². The SMILES string of the molecule is COc1cc2c(cc1OC)[C@H]1CC3(OCCO3)[C@H](CCCCF)CN1CC2. The van der Waals surface area contributed by atoms with Crippen LogP contribution in [-0.2, 0) is 15.9 Å². The van der Waals surface area contributed by atoms with Gasteiger partial charge in [-0.1, -0.05) is 6.42 Å². The van der Waals surface area contributed by atoms with Gasteiger partial charge >= 0.3 is 0 Å². The molecule has 0 aromatic heterocycles. The largest absolute Gasteiger partial charge is 0.493 e. The van der Waals surface area contributed by atoms with Gasteiger partial charge in [0.1, 0.15) is 0 Å². The fourth-order valence-corrected chi connectivity index (χ4v) is 5.02. The number of rotatable bonds is 6. The van der Waals surface area contributed by atoms with E-state index in [1.54, 1.807) is 14.2 Å². The molecular formula is C21H30FNO4. The number of nitrogens with zero attached hydrogens (tertiary/aromatic N) is 1. The summed E-state index contributed by atoms with van der Waals surface area (Å²) >= 11 is 0. The lowest BCUT2D eigenvalue weighted by molar-refractivity contribution is -0.235. The molecule has 3 aliphatic heterocycles. The zero-order valence-electron chi connectivity index (χ0n) is 16.3. The lowest BCUT2D eigenvalue weighted by atomic mass is 9.77. The summed E-state index contributed by atoms with van der Waals surface area (Å²) in [6.45, 7) is 2.99. The summed E-state index contributed by atoms with van der Waals surface area (Å²) in [6.07, 6.45) is 4.27. The normalized spacial score (nSPS) is 26.6. The minimum absolute atomic E-state index is 0.247. The number of alkyl halides is 1. The summed E-state index contributed by atoms with van der Waals surface area (Å²) in [5.41, 5.74) is 2.61. The first-order chi connectivity index (χ1) is 13.2. The van der Waals surface area contributed by atoms with Crippen molar-refractivity contribution < 1.29 is 23.3 Å². The van der Waals surface area contributed by atoms with Gasteiger partial charge in [-0.25, -0.2) is 0 Å². The van der Waals surface area contributed by atoms with Gasteiger partial charge in [0.15, 0.2) is 17.3 Å². The molecule has 1 aromatic carbocycles. The molecule has 0 amide bonds. The second-order valence-electron chi connectivity index (χ2n) is 7.76. The van der Waals surface area contributed by atoms with Crippen molar-refractivity contribution in [3.05, 3.63) is 23.3 Å². The third-order valence-corrected chi connectivity index (χ3v) is 6.38. The molecule has 1 aromatic rings. The highest BCUT2D eigenvalue weighted by Gasteiger charge is 2.52. The number of hydrogen-bond acceptors (Lipinski definition) is 5. The number of halogens is 1. The predicted octanol–water partition coefficient (Wildman–Crippen LogP) is 3.51. The van der Waals surface area contributed by atoms with Crippen molar-refractivity contribution in [1.82, 2.24) is 4.90 Å². The van der Waals surface area contributed by atoms with E-state index in [0.717, 1.165) is 50.3 Å². The van der Waals surface area contributed by atoms with Gasteiger partial charge in [-0.3, -0.25) is 9.29 Å². The number of unbranched alkanes of at least 4 members (excludes halogenated alkanes) is 1. The van der Waals surface area contributed by atoms with Gasteiger partial charge in [-0.05, 0) is 42.5 Å². The molecule has 0 bridgehead atoms. The van der Waals surface area contributed by atoms with Crippen molar-refractivity contribution in [1.29, 1.82) is 0 Å². The van der Waals surface area contributed by atoms with Crippen molar-refractivity contribution in [2.45, 2.75) is 43.9 Å². The first-order valence-corrected chi connectivity index (χ1v) is 10.0. The molecule has 6 heteroatoms. The first kappa shape index (κ1) is 19.0. The second kappa shape index (κ2) is 7.94. The van der Waals surface area contributed by atoms with Crippen LogP contribution in [0.4, 0.5) is 4.39 Å². The van der Waals surface area contributed by atoms with Gasteiger partial charge in [0.05, 0.1) is 34.1 Å². The highest BCUT2D eigenvalue weighted by atomic mass is 19.1. The molecule has 0 radical (unpaired) electrons. The van der Waals surface area contributed by atoms with Crippen LogP contribution in [0, 0.1) is 5.92 Å². The smallest absolute Gasteiger partial charge is 0.174 e. The number of fused-ring (bicyclic) bond motifs is 3. The van der Waals surface area contributed by atoms with Gasteiger partial charge in [-0.2, -0.15) is 0 Å². The van der Waals surface area contributed by atoms with Crippen LogP contribution in [0.3, 0.4) is 0 Å². The zero-order chi connectivity index (χ0) is 18.9. The van der Waals surface area contributed by atoms with Gasteiger partial charge < -0.3 is 18.9 Å². The number of ether oxygens (including phenoxy) is 4. The standard InChI is InChI=1S/C21H30FNO4/c1-24-19-11-15-6-8-23-14-16(5-3-4-7-22)21(26-9-10-27-21)13-18(23)17(15)12-20(19)25-2/h11-12,16,18H,3-10,13-14H2,1-2H3/t16-,18-/m1/s1. The number of piperidine rings is 1. The topological polar surface area (TPSA) is 40.2 Å². The molecule has 27 heavy (non-hydrogen) atoms. The quantitative estimate of drug-likeness (QED) is 0.708. The van der Waals surface area contributed by atoms with Crippen LogP contribution in [0.15, 0.2) is 12.1 Å². The molecule has 0 aliphatic carbocycles. The minimum atomic E-state index is -0.529. The number of hydrogen-bond donors (Lipinski definition) is 0. The Balaban J connectivity index is 1.62. The molecule has 150 valence electrons. The van der Waals surface area contributed by atoms with Crippen LogP contribution >= 0.6 is 0 Å². The van der Waals surface area contributed by atoms with Crippen LogP contribution in [0.2, 0.25) is 0 Å². The van der Waals surface area contributed by atoms with E-state index in [-0.39, 0.29) is 12.7 Å². The predicted molar refractivity (Wildman–Crippen MR) is 100 cm³/mol. The summed E-state index contributed by atoms with van der Waals surface area (Å²) < 4.78 is 36.0. The average Bonchev–Trinajstić information content (AvgIpc) is 3.16. The Morgan fingerprint density at radius 2 is 1.89 bits per heavy atom. The first-order valence-electron chi connectivity index (χ1n) is 10.0. The van der Waals surface area contributed by atoms with Crippen molar-refractivity contribution >= 4 is 0 Å². The monoisotopic (exact) mass is 379 g/mol. The van der Waals surface area contributed by atoms with Gasteiger partial charge in [0.25, 0.3) is 0 Å². The molecule has 1 spiro atoms. The Hall–Kier alpha value is -1.37. The molecule has 0 saturated carbocycles. The van der Waals surface area contributed by atoms with E-state index in [1.807, 2.05) is 0 Å². The summed E-state index contributed by atoms with van der Waals surface area (Å²) in [7, 11) is 3.36. The molecular weight excluding hydrogens is 349 g/mol. The number of benzene rings is 1. The van der Waals surface area contributed by atoms with Crippen molar-refractivity contribution in [3.8, 4) is 11.5 Å². The molecule has 0 N–H and O–H groups in total. The molecule has 3 aliphatic rings. The lowest BCUT2D eigenvalue weighted by Crippen LogP contribution is -2.55. The van der Waals surface area contributed by atoms with Crippen molar-refractivity contribution in [2.24, 2.45) is 5.92 Å². The highest BCUT2D eigenvalue weighted by Crippen LogP contribution is 2.49. The molecule has 2 fully saturated rings. The fraction of sp³-hybridized carbons (Fsp3) is 0.714. The van der Waals surface area contributed by atoms with E-state index in [2.05, 4.69) is 17.0 Å². The molecule has 2 saturated heterocycles.